The normalized spacial score (nSPS) is 23.9. The number of phosphoric ester groups is 2. The van der Waals surface area contributed by atoms with E-state index in [0.717, 1.165) is 10.9 Å². The molecule has 0 saturated carbocycles. The van der Waals surface area contributed by atoms with Gasteiger partial charge in [-0.25, -0.2) is 38.5 Å². The fraction of sp³-hybridized carbons (Fsp3) is 0.647. The van der Waals surface area contributed by atoms with Gasteiger partial charge in [-0.1, -0.05) is 19.3 Å². The number of aromatic nitrogens is 6. The van der Waals surface area contributed by atoms with Crippen molar-refractivity contribution in [1.29, 1.82) is 0 Å². The van der Waals surface area contributed by atoms with Gasteiger partial charge >= 0.3 is 45.5 Å². The third-order valence-corrected chi connectivity index (χ3v) is 11.1. The van der Waals surface area contributed by atoms with Crippen molar-refractivity contribution in [2.24, 2.45) is 0 Å². The molecule has 2 aliphatic heterocycles. The lowest BCUT2D eigenvalue weighted by Gasteiger charge is -2.26. The standard InChI is InChI=1S/C34H49F3N10O17P2/c1-33(2,3)63-32(52)44-17(8-6-4-5-7-10-40-30(50)34(35,36)37)29(49)62-25-20(61-28(24(25)48)47-16-43-23-26(39)41-15-42-27(23)47)14-59-66(56,57)64-18-12-22(46-11-9-21(38)45-31(46)51)60-19(18)13-58-65(53,54)55/h9,11,15-20,22,24-25,28,48H,4-8,10,12-14H2,1-3H3,(H,40,50)(H,44,52)(H,56,57)(H2,38,45,51)(H2,39,41,42)(H2,53,54,55)/t17-,18-,19+,20+,22+,24+,25+,28+/m0/s1. The van der Waals surface area contributed by atoms with Crippen LogP contribution >= 0.6 is 15.6 Å². The Kier molecular flexibility index (Phi) is 16.9. The SMILES string of the molecule is CC(C)(C)OC(=O)N[C@@H](CCCCCCNC(=O)C(F)(F)F)C(=O)O[C@H]1[C@@H](O)[C@H](n2cnc3c(N)ncnc32)O[C@@H]1COP(=O)(O)O[C@H]1C[C@H](n2ccc(N)nc2=O)O[C@@H]1COP(=O)(O)O. The fourth-order valence-electron chi connectivity index (χ4n) is 6.65. The molecule has 3 aromatic rings. The maximum Gasteiger partial charge on any atom is 0.472 e. The highest BCUT2D eigenvalue weighted by Gasteiger charge is 2.50. The first-order chi connectivity index (χ1) is 30.7. The van der Waals surface area contributed by atoms with E-state index in [1.54, 1.807) is 26.1 Å². The first-order valence-corrected chi connectivity index (χ1v) is 22.9. The number of halogens is 3. The van der Waals surface area contributed by atoms with Gasteiger partial charge in [-0.2, -0.15) is 18.2 Å². The van der Waals surface area contributed by atoms with Crippen molar-refractivity contribution < 1.29 is 89.0 Å². The van der Waals surface area contributed by atoms with Gasteiger partial charge in [0.05, 0.1) is 19.5 Å². The van der Waals surface area contributed by atoms with Crippen molar-refractivity contribution in [3.05, 3.63) is 35.4 Å². The third kappa shape index (κ3) is 14.6. The van der Waals surface area contributed by atoms with Crippen LogP contribution in [0.15, 0.2) is 29.7 Å². The molecule has 3 aromatic heterocycles. The Morgan fingerprint density at radius 1 is 0.985 bits per heavy atom. The van der Waals surface area contributed by atoms with E-state index in [-0.39, 0.29) is 48.6 Å². The zero-order valence-corrected chi connectivity index (χ0v) is 37.0. The smallest absolute Gasteiger partial charge is 0.455 e. The van der Waals surface area contributed by atoms with Gasteiger partial charge in [-0.15, -0.1) is 0 Å². The summed E-state index contributed by atoms with van der Waals surface area (Å²) in [6, 6.07) is -0.228. The summed E-state index contributed by atoms with van der Waals surface area (Å²) in [5.74, 6) is -3.43. The third-order valence-electron chi connectivity index (χ3n) is 9.58. The molecule has 10 N–H and O–H groups in total. The van der Waals surface area contributed by atoms with Gasteiger partial charge in [0, 0.05) is 19.2 Å². The molecular formula is C34H49F3N10O17P2. The van der Waals surface area contributed by atoms with E-state index in [9.17, 15) is 61.3 Å². The molecule has 0 aliphatic carbocycles. The molecular weight excluding hydrogens is 939 g/mol. The van der Waals surface area contributed by atoms with Crippen molar-refractivity contribution in [3.8, 4) is 0 Å². The number of anilines is 2. The summed E-state index contributed by atoms with van der Waals surface area (Å²) in [6.07, 6.45) is -13.2. The van der Waals surface area contributed by atoms with E-state index < -0.39 is 120 Å². The van der Waals surface area contributed by atoms with Crippen LogP contribution in [-0.4, -0.2) is 135 Å². The van der Waals surface area contributed by atoms with Crippen LogP contribution in [0.1, 0.15) is 71.8 Å². The second kappa shape index (κ2) is 21.4. The summed E-state index contributed by atoms with van der Waals surface area (Å²) in [5.41, 5.74) is 9.70. The average molecular weight is 989 g/mol. The molecule has 2 aliphatic rings. The number of nitrogens with one attached hydrogen (secondary N) is 2. The number of nitrogens with two attached hydrogens (primary N) is 2. The van der Waals surface area contributed by atoms with Crippen LogP contribution < -0.4 is 27.8 Å². The van der Waals surface area contributed by atoms with E-state index in [2.05, 4.69) is 29.8 Å². The number of hydrogen-bond acceptors (Lipinski definition) is 20. The first kappa shape index (κ1) is 52.1. The number of unbranched alkanes of at least 4 members (excludes halogenated alkanes) is 3. The monoisotopic (exact) mass is 988 g/mol. The second-order valence-electron chi connectivity index (χ2n) is 15.8. The molecule has 0 aromatic carbocycles. The van der Waals surface area contributed by atoms with Crippen molar-refractivity contribution in [1.82, 2.24) is 39.7 Å². The van der Waals surface area contributed by atoms with E-state index in [0.29, 0.717) is 12.8 Å². The molecule has 27 nitrogen and oxygen atoms in total. The molecule has 0 radical (unpaired) electrons. The van der Waals surface area contributed by atoms with E-state index in [1.807, 2.05) is 0 Å². The van der Waals surface area contributed by atoms with Crippen LogP contribution in [0.25, 0.3) is 11.2 Å². The molecule has 66 heavy (non-hydrogen) atoms. The summed E-state index contributed by atoms with van der Waals surface area (Å²) in [5, 5.41) is 15.8. The van der Waals surface area contributed by atoms with Gasteiger partial charge in [0.1, 0.15) is 59.9 Å². The number of phosphoric acid groups is 2. The summed E-state index contributed by atoms with van der Waals surface area (Å²) in [7, 11) is -10.4. The lowest BCUT2D eigenvalue weighted by Crippen LogP contribution is -2.47. The maximum absolute atomic E-state index is 13.9. The van der Waals surface area contributed by atoms with Crippen LogP contribution in [0.4, 0.5) is 29.6 Å². The Labute approximate surface area is 371 Å². The van der Waals surface area contributed by atoms with Crippen LogP contribution in [-0.2, 0) is 51.2 Å². The highest BCUT2D eigenvalue weighted by molar-refractivity contribution is 7.47. The Balaban J connectivity index is 1.34. The number of alkyl halides is 3. The molecule has 368 valence electrons. The molecule has 32 heteroatoms. The number of nitrogens with zero attached hydrogens (tertiary/aromatic N) is 6. The van der Waals surface area contributed by atoms with Gasteiger partial charge in [-0.05, 0) is 39.7 Å². The molecule has 0 bridgehead atoms. The first-order valence-electron chi connectivity index (χ1n) is 19.9. The number of rotatable bonds is 20. The molecule has 2 fully saturated rings. The van der Waals surface area contributed by atoms with Gasteiger partial charge < -0.3 is 60.8 Å². The number of hydrogen-bond donors (Lipinski definition) is 8. The van der Waals surface area contributed by atoms with Crippen molar-refractivity contribution in [2.45, 2.75) is 120 Å². The quantitative estimate of drug-likeness (QED) is 0.0442. The summed E-state index contributed by atoms with van der Waals surface area (Å²) < 4.78 is 103. The Hall–Kier alpha value is -4.87. The molecule has 2 saturated heterocycles. The number of aliphatic hydroxyl groups excluding tert-OH is 1. The average Bonchev–Trinajstić information content (AvgIpc) is 3.89. The lowest BCUT2D eigenvalue weighted by molar-refractivity contribution is -0.173. The predicted octanol–water partition coefficient (Wildman–Crippen LogP) is 0.839. The van der Waals surface area contributed by atoms with Crippen molar-refractivity contribution in [3.63, 3.8) is 0 Å². The van der Waals surface area contributed by atoms with Gasteiger partial charge in [0.25, 0.3) is 0 Å². The number of imidazole rings is 1. The summed E-state index contributed by atoms with van der Waals surface area (Å²) in [6.45, 7) is 2.53. The predicted molar refractivity (Wildman–Crippen MR) is 215 cm³/mol. The largest absolute Gasteiger partial charge is 0.472 e. The summed E-state index contributed by atoms with van der Waals surface area (Å²) >= 11 is 0. The van der Waals surface area contributed by atoms with Crippen LogP contribution in [0, 0.1) is 0 Å². The minimum absolute atomic E-state index is 0.0465. The van der Waals surface area contributed by atoms with Gasteiger partial charge in [0.15, 0.2) is 23.8 Å². The molecule has 2 amide bonds. The Bertz CT molecular complexity index is 2350. The van der Waals surface area contributed by atoms with Crippen LogP contribution in [0.2, 0.25) is 0 Å². The van der Waals surface area contributed by atoms with E-state index in [1.165, 1.54) is 23.2 Å². The van der Waals surface area contributed by atoms with Crippen molar-refractivity contribution >= 4 is 56.4 Å². The second-order valence-corrected chi connectivity index (χ2v) is 18.4. The number of esters is 1. The van der Waals surface area contributed by atoms with Crippen LogP contribution in [0.3, 0.4) is 0 Å². The van der Waals surface area contributed by atoms with Gasteiger partial charge in [0.2, 0.25) is 0 Å². The zero-order valence-electron chi connectivity index (χ0n) is 35.3. The van der Waals surface area contributed by atoms with Crippen LogP contribution in [0.5, 0.6) is 0 Å². The molecule has 9 atom stereocenters. The number of amides is 2. The Morgan fingerprint density at radius 2 is 1.68 bits per heavy atom. The number of alkyl carbamates (subject to hydrolysis) is 1. The zero-order chi connectivity index (χ0) is 48.8. The molecule has 5 rings (SSSR count). The lowest BCUT2D eigenvalue weighted by atomic mass is 10.1. The number of carbonyl (C=O) groups excluding carboxylic acids is 3. The number of aliphatic hydroxyl groups is 1. The Morgan fingerprint density at radius 3 is 2.35 bits per heavy atom. The number of ether oxygens (including phenoxy) is 4. The van der Waals surface area contributed by atoms with Gasteiger partial charge in [-0.3, -0.25) is 27.5 Å². The highest BCUT2D eigenvalue weighted by atomic mass is 31.2. The maximum atomic E-state index is 13.9. The number of nitrogen functional groups attached to an aromatic ring is 2. The molecule has 1 unspecified atom stereocenters. The number of carbonyl (C=O) groups is 3. The summed E-state index contributed by atoms with van der Waals surface area (Å²) in [4.78, 5) is 95.7. The minimum atomic E-state index is -5.30. The highest BCUT2D eigenvalue weighted by Crippen LogP contribution is 2.50. The molecule has 5 heterocycles. The topological polar surface area (TPSA) is 385 Å². The minimum Gasteiger partial charge on any atom is -0.455 e. The van der Waals surface area contributed by atoms with Crippen molar-refractivity contribution in [2.75, 3.05) is 31.2 Å². The fourth-order valence-corrected chi connectivity index (χ4v) is 7.95. The van der Waals surface area contributed by atoms with E-state index in [4.69, 9.17) is 39.5 Å². The van der Waals surface area contributed by atoms with E-state index >= 15 is 0 Å². The molecule has 0 spiro atoms. The number of fused-ring (bicyclic) bond motifs is 1.